The Bertz CT molecular complexity index is 738. The first kappa shape index (κ1) is 17.5. The van der Waals surface area contributed by atoms with Crippen molar-refractivity contribution in [1.82, 2.24) is 15.6 Å². The molecule has 1 aromatic heterocycles. The molecule has 0 aliphatic rings. The second-order valence-corrected chi connectivity index (χ2v) is 5.41. The van der Waals surface area contributed by atoms with Gasteiger partial charge in [-0.3, -0.25) is 14.9 Å². The number of hydrogen-bond acceptors (Lipinski definition) is 4. The van der Waals surface area contributed by atoms with Crippen LogP contribution in [0.2, 0.25) is 0 Å². The van der Waals surface area contributed by atoms with Gasteiger partial charge in [0, 0.05) is 30.6 Å². The molecule has 7 nitrogen and oxygen atoms in total. The molecule has 1 aromatic carbocycles. The molecule has 3 amide bonds. The Labute approximate surface area is 139 Å². The third-order valence-electron chi connectivity index (χ3n) is 3.64. The average Bonchev–Trinajstić information content (AvgIpc) is 2.98. The summed E-state index contributed by atoms with van der Waals surface area (Å²) in [7, 11) is 1.39. The van der Waals surface area contributed by atoms with Crippen molar-refractivity contribution >= 4 is 28.8 Å². The highest BCUT2D eigenvalue weighted by molar-refractivity contribution is 5.97. The Balaban J connectivity index is 1.77. The number of aromatic nitrogens is 1. The quantitative estimate of drug-likeness (QED) is 0.704. The zero-order chi connectivity index (χ0) is 17.5. The number of hydrogen-bond donors (Lipinski definition) is 3. The molecule has 128 valence electrons. The first-order valence-electron chi connectivity index (χ1n) is 7.78. The molecular weight excluding hydrogens is 310 g/mol. The van der Waals surface area contributed by atoms with E-state index in [2.05, 4.69) is 15.6 Å². The fourth-order valence-electron chi connectivity index (χ4n) is 2.35. The van der Waals surface area contributed by atoms with Gasteiger partial charge in [-0.05, 0) is 31.4 Å². The Kier molecular flexibility index (Phi) is 5.95. The Morgan fingerprint density at radius 3 is 2.75 bits per heavy atom. The molecule has 0 radical (unpaired) electrons. The first-order valence-corrected chi connectivity index (χ1v) is 7.78. The van der Waals surface area contributed by atoms with Gasteiger partial charge in [0.1, 0.15) is 0 Å². The smallest absolute Gasteiger partial charge is 0.321 e. The number of urea groups is 1. The van der Waals surface area contributed by atoms with Crippen molar-refractivity contribution in [3.05, 3.63) is 36.0 Å². The molecule has 24 heavy (non-hydrogen) atoms. The van der Waals surface area contributed by atoms with E-state index < -0.39 is 24.0 Å². The van der Waals surface area contributed by atoms with Crippen LogP contribution in [0.4, 0.5) is 4.79 Å². The second-order valence-electron chi connectivity index (χ2n) is 5.41. The molecule has 0 aliphatic carbocycles. The van der Waals surface area contributed by atoms with Crippen molar-refractivity contribution in [3.63, 3.8) is 0 Å². The number of esters is 1. The number of aryl methyl sites for hydroxylation is 1. The van der Waals surface area contributed by atoms with Gasteiger partial charge in [-0.2, -0.15) is 0 Å². The van der Waals surface area contributed by atoms with Crippen molar-refractivity contribution < 1.29 is 19.1 Å². The van der Waals surface area contributed by atoms with E-state index in [1.165, 1.54) is 14.0 Å². The van der Waals surface area contributed by atoms with Crippen LogP contribution in [0.15, 0.2) is 30.5 Å². The van der Waals surface area contributed by atoms with E-state index in [9.17, 15) is 14.4 Å². The molecule has 1 atom stereocenters. The number of para-hydroxylation sites is 1. The number of aromatic amines is 1. The molecule has 0 unspecified atom stereocenters. The van der Waals surface area contributed by atoms with Crippen molar-refractivity contribution in [2.45, 2.75) is 32.3 Å². The predicted molar refractivity (Wildman–Crippen MR) is 89.4 cm³/mol. The van der Waals surface area contributed by atoms with E-state index in [4.69, 9.17) is 4.74 Å². The topological polar surface area (TPSA) is 100 Å². The van der Waals surface area contributed by atoms with Crippen molar-refractivity contribution in [2.24, 2.45) is 0 Å². The number of imide groups is 1. The molecule has 0 aliphatic heterocycles. The summed E-state index contributed by atoms with van der Waals surface area (Å²) in [6, 6.07) is 7.33. The SMILES string of the molecule is CNC(=O)NC(=O)[C@H](C)OC(=O)CCCc1c[nH]c2ccccc12. The van der Waals surface area contributed by atoms with Crippen LogP contribution in [-0.4, -0.2) is 36.0 Å². The summed E-state index contributed by atoms with van der Waals surface area (Å²) < 4.78 is 5.03. The number of nitrogens with one attached hydrogen (secondary N) is 3. The van der Waals surface area contributed by atoms with Crippen LogP contribution in [0.3, 0.4) is 0 Å². The number of ether oxygens (including phenoxy) is 1. The van der Waals surface area contributed by atoms with Crippen LogP contribution in [0, 0.1) is 0 Å². The van der Waals surface area contributed by atoms with Crippen LogP contribution in [0.1, 0.15) is 25.3 Å². The molecule has 7 heteroatoms. The monoisotopic (exact) mass is 331 g/mol. The molecule has 2 rings (SSSR count). The minimum atomic E-state index is -1.01. The lowest BCUT2D eigenvalue weighted by atomic mass is 10.1. The number of fused-ring (bicyclic) bond motifs is 1. The zero-order valence-corrected chi connectivity index (χ0v) is 13.7. The van der Waals surface area contributed by atoms with Crippen molar-refractivity contribution in [1.29, 1.82) is 0 Å². The molecule has 3 N–H and O–H groups in total. The Hall–Kier alpha value is -2.83. The third-order valence-corrected chi connectivity index (χ3v) is 3.64. The van der Waals surface area contributed by atoms with E-state index in [0.717, 1.165) is 22.9 Å². The number of rotatable bonds is 6. The van der Waals surface area contributed by atoms with Crippen LogP contribution in [0.5, 0.6) is 0 Å². The molecule has 0 saturated heterocycles. The first-order chi connectivity index (χ1) is 11.5. The standard InChI is InChI=1S/C17H21N3O4/c1-11(16(22)20-17(23)18-2)24-15(21)9-5-6-12-10-19-14-8-4-3-7-13(12)14/h3-4,7-8,10-11,19H,5-6,9H2,1-2H3,(H2,18,20,22,23)/t11-/m0/s1. The summed E-state index contributed by atoms with van der Waals surface area (Å²) in [5, 5.41) is 5.46. The van der Waals surface area contributed by atoms with E-state index >= 15 is 0 Å². The number of H-pyrrole nitrogens is 1. The summed E-state index contributed by atoms with van der Waals surface area (Å²) in [6.45, 7) is 1.43. The van der Waals surface area contributed by atoms with E-state index in [1.54, 1.807) is 0 Å². The Morgan fingerprint density at radius 2 is 2.00 bits per heavy atom. The van der Waals surface area contributed by atoms with Gasteiger partial charge >= 0.3 is 12.0 Å². The van der Waals surface area contributed by atoms with Crippen LogP contribution >= 0.6 is 0 Å². The molecule has 0 bridgehead atoms. The van der Waals surface area contributed by atoms with Crippen molar-refractivity contribution in [2.75, 3.05) is 7.05 Å². The third kappa shape index (κ3) is 4.58. The van der Waals surface area contributed by atoms with Gasteiger partial charge in [0.05, 0.1) is 0 Å². The Morgan fingerprint density at radius 1 is 1.25 bits per heavy atom. The molecular formula is C17H21N3O4. The summed E-state index contributed by atoms with van der Waals surface area (Å²) in [5.41, 5.74) is 2.21. The highest BCUT2D eigenvalue weighted by atomic mass is 16.5. The van der Waals surface area contributed by atoms with E-state index in [1.807, 2.05) is 30.5 Å². The van der Waals surface area contributed by atoms with Gasteiger partial charge in [-0.25, -0.2) is 4.79 Å². The largest absolute Gasteiger partial charge is 0.453 e. The van der Waals surface area contributed by atoms with Gasteiger partial charge < -0.3 is 15.0 Å². The molecule has 2 aromatic rings. The van der Waals surface area contributed by atoms with Crippen LogP contribution in [0.25, 0.3) is 10.9 Å². The number of carbonyl (C=O) groups excluding carboxylic acids is 3. The van der Waals surface area contributed by atoms with Crippen LogP contribution < -0.4 is 10.6 Å². The number of amides is 3. The van der Waals surface area contributed by atoms with E-state index in [-0.39, 0.29) is 6.42 Å². The fourth-order valence-corrected chi connectivity index (χ4v) is 2.35. The van der Waals surface area contributed by atoms with Gasteiger partial charge in [0.2, 0.25) is 0 Å². The minimum Gasteiger partial charge on any atom is -0.453 e. The zero-order valence-electron chi connectivity index (χ0n) is 13.7. The lowest BCUT2D eigenvalue weighted by molar-refractivity contribution is -0.154. The van der Waals surface area contributed by atoms with Crippen molar-refractivity contribution in [3.8, 4) is 0 Å². The number of benzene rings is 1. The summed E-state index contributed by atoms with van der Waals surface area (Å²) in [6.07, 6.45) is 2.48. The fraction of sp³-hybridized carbons (Fsp3) is 0.353. The van der Waals surface area contributed by atoms with Gasteiger partial charge in [0.25, 0.3) is 5.91 Å². The number of carbonyl (C=O) groups is 3. The maximum Gasteiger partial charge on any atom is 0.321 e. The summed E-state index contributed by atoms with van der Waals surface area (Å²) >= 11 is 0. The minimum absolute atomic E-state index is 0.205. The highest BCUT2D eigenvalue weighted by Crippen LogP contribution is 2.19. The predicted octanol–water partition coefficient (Wildman–Crippen LogP) is 1.88. The lowest BCUT2D eigenvalue weighted by Crippen LogP contribution is -2.43. The molecule has 0 spiro atoms. The lowest BCUT2D eigenvalue weighted by Gasteiger charge is -2.12. The maximum absolute atomic E-state index is 11.8. The average molecular weight is 331 g/mol. The molecule has 1 heterocycles. The van der Waals surface area contributed by atoms with Gasteiger partial charge in [-0.15, -0.1) is 0 Å². The highest BCUT2D eigenvalue weighted by Gasteiger charge is 2.19. The van der Waals surface area contributed by atoms with Gasteiger partial charge in [0.15, 0.2) is 6.10 Å². The summed E-state index contributed by atoms with van der Waals surface area (Å²) in [5.74, 6) is -1.12. The molecule has 0 fully saturated rings. The van der Waals surface area contributed by atoms with Crippen LogP contribution in [-0.2, 0) is 20.7 Å². The molecule has 0 saturated carbocycles. The maximum atomic E-state index is 11.8. The normalized spacial score (nSPS) is 11.8. The van der Waals surface area contributed by atoms with E-state index in [0.29, 0.717) is 6.42 Å². The second kappa shape index (κ2) is 8.14. The summed E-state index contributed by atoms with van der Waals surface area (Å²) in [4.78, 5) is 37.6. The van der Waals surface area contributed by atoms with Gasteiger partial charge in [-0.1, -0.05) is 18.2 Å².